The summed E-state index contributed by atoms with van der Waals surface area (Å²) in [5.74, 6) is 0.812. The second kappa shape index (κ2) is 10.4. The number of benzene rings is 2. The zero-order valence-corrected chi connectivity index (χ0v) is 18.4. The fourth-order valence-electron chi connectivity index (χ4n) is 3.86. The molecule has 9 heteroatoms. The molecule has 2 aliphatic rings. The number of rotatable bonds is 8. The second-order valence-electron chi connectivity index (χ2n) is 7.54. The lowest BCUT2D eigenvalue weighted by atomic mass is 9.86. The SMILES string of the molecule is O=C(NCCOCCO)C(Cl)(C1=Nc2ccccc2Oc2ccccc21)C1CNCCN1. The molecule has 32 heavy (non-hydrogen) atoms. The first-order valence-electron chi connectivity index (χ1n) is 10.7. The largest absolute Gasteiger partial charge is 0.454 e. The summed E-state index contributed by atoms with van der Waals surface area (Å²) in [5.41, 5.74) is 1.69. The van der Waals surface area contributed by atoms with Crippen molar-refractivity contribution in [2.75, 3.05) is 46.0 Å². The van der Waals surface area contributed by atoms with E-state index < -0.39 is 10.9 Å². The van der Waals surface area contributed by atoms with Crippen molar-refractivity contribution >= 4 is 28.9 Å². The molecule has 0 radical (unpaired) electrons. The van der Waals surface area contributed by atoms with Crippen molar-refractivity contribution in [2.45, 2.75) is 10.9 Å². The molecule has 2 heterocycles. The minimum Gasteiger partial charge on any atom is -0.454 e. The Morgan fingerprint density at radius 3 is 2.75 bits per heavy atom. The number of nitrogens with zero attached hydrogens (tertiary/aromatic N) is 1. The average molecular weight is 459 g/mol. The van der Waals surface area contributed by atoms with Crippen LogP contribution in [0.15, 0.2) is 53.5 Å². The first-order chi connectivity index (χ1) is 15.6. The van der Waals surface area contributed by atoms with Crippen LogP contribution in [0.4, 0.5) is 5.69 Å². The second-order valence-corrected chi connectivity index (χ2v) is 8.14. The van der Waals surface area contributed by atoms with Gasteiger partial charge in [0.15, 0.2) is 10.6 Å². The molecule has 2 unspecified atom stereocenters. The van der Waals surface area contributed by atoms with E-state index in [9.17, 15) is 4.79 Å². The van der Waals surface area contributed by atoms with Crippen LogP contribution in [-0.4, -0.2) is 73.6 Å². The molecule has 1 amide bonds. The highest BCUT2D eigenvalue weighted by Crippen LogP contribution is 2.41. The molecule has 0 spiro atoms. The van der Waals surface area contributed by atoms with E-state index in [1.165, 1.54) is 0 Å². The van der Waals surface area contributed by atoms with Gasteiger partial charge in [-0.3, -0.25) is 4.79 Å². The van der Waals surface area contributed by atoms with Gasteiger partial charge < -0.3 is 30.5 Å². The maximum Gasteiger partial charge on any atom is 0.249 e. The molecule has 2 aliphatic heterocycles. The van der Waals surface area contributed by atoms with E-state index in [0.29, 0.717) is 41.6 Å². The lowest BCUT2D eigenvalue weighted by molar-refractivity contribution is -0.123. The molecule has 0 bridgehead atoms. The Morgan fingerprint density at radius 1 is 1.19 bits per heavy atom. The summed E-state index contributed by atoms with van der Waals surface area (Å²) in [6.07, 6.45) is 0. The molecular weight excluding hydrogens is 432 g/mol. The minimum atomic E-state index is -1.51. The van der Waals surface area contributed by atoms with Gasteiger partial charge in [0.2, 0.25) is 5.91 Å². The number of nitrogens with one attached hydrogen (secondary N) is 3. The molecule has 1 saturated heterocycles. The van der Waals surface area contributed by atoms with Crippen LogP contribution < -0.4 is 20.7 Å². The quantitative estimate of drug-likeness (QED) is 0.353. The van der Waals surface area contributed by atoms with Gasteiger partial charge in [0.25, 0.3) is 0 Å². The first-order valence-corrected chi connectivity index (χ1v) is 11.1. The van der Waals surface area contributed by atoms with Gasteiger partial charge in [0.1, 0.15) is 11.4 Å². The van der Waals surface area contributed by atoms with Gasteiger partial charge in [0.05, 0.1) is 31.6 Å². The van der Waals surface area contributed by atoms with E-state index >= 15 is 0 Å². The average Bonchev–Trinajstić information content (AvgIpc) is 3.01. The third-order valence-corrected chi connectivity index (χ3v) is 6.04. The Morgan fingerprint density at radius 2 is 1.97 bits per heavy atom. The van der Waals surface area contributed by atoms with Gasteiger partial charge in [0, 0.05) is 31.7 Å². The highest BCUT2D eigenvalue weighted by molar-refractivity contribution is 6.51. The van der Waals surface area contributed by atoms with Crippen LogP contribution in [0.25, 0.3) is 0 Å². The number of ether oxygens (including phenoxy) is 2. The first kappa shape index (κ1) is 22.7. The Kier molecular flexibility index (Phi) is 7.39. The van der Waals surface area contributed by atoms with E-state index in [4.69, 9.17) is 31.2 Å². The van der Waals surface area contributed by atoms with E-state index in [1.807, 2.05) is 48.5 Å². The van der Waals surface area contributed by atoms with Gasteiger partial charge in [-0.2, -0.15) is 0 Å². The smallest absolute Gasteiger partial charge is 0.249 e. The van der Waals surface area contributed by atoms with Gasteiger partial charge >= 0.3 is 0 Å². The number of fused-ring (bicyclic) bond motifs is 2. The number of halogens is 1. The Bertz CT molecular complexity index is 980. The van der Waals surface area contributed by atoms with Crippen molar-refractivity contribution in [1.29, 1.82) is 0 Å². The molecule has 170 valence electrons. The molecule has 8 nitrogen and oxygen atoms in total. The van der Waals surface area contributed by atoms with Crippen molar-refractivity contribution in [3.63, 3.8) is 0 Å². The maximum absolute atomic E-state index is 13.6. The number of hydrogen-bond donors (Lipinski definition) is 4. The fraction of sp³-hybridized carbons (Fsp3) is 0.391. The van der Waals surface area contributed by atoms with Gasteiger partial charge in [-0.05, 0) is 24.3 Å². The number of piperazine rings is 1. The van der Waals surface area contributed by atoms with E-state index in [1.54, 1.807) is 0 Å². The highest BCUT2D eigenvalue weighted by Gasteiger charge is 2.50. The molecule has 0 aliphatic carbocycles. The zero-order valence-electron chi connectivity index (χ0n) is 17.6. The lowest BCUT2D eigenvalue weighted by Crippen LogP contribution is -2.66. The third-order valence-electron chi connectivity index (χ3n) is 5.42. The fourth-order valence-corrected chi connectivity index (χ4v) is 4.23. The van der Waals surface area contributed by atoms with Gasteiger partial charge in [-0.1, -0.05) is 35.9 Å². The number of hydrogen-bond acceptors (Lipinski definition) is 7. The summed E-state index contributed by atoms with van der Waals surface area (Å²) in [6, 6.07) is 14.5. The number of aliphatic hydroxyl groups is 1. The van der Waals surface area contributed by atoms with Crippen LogP contribution >= 0.6 is 11.6 Å². The summed E-state index contributed by atoms with van der Waals surface area (Å²) in [4.78, 5) is 17.0. The van der Waals surface area contributed by atoms with Crippen molar-refractivity contribution < 1.29 is 19.4 Å². The number of carbonyl (C=O) groups excluding carboxylic acids is 1. The lowest BCUT2D eigenvalue weighted by Gasteiger charge is -2.38. The number of aliphatic imine (C=N–C) groups is 1. The van der Waals surface area contributed by atoms with Crippen LogP contribution in [0, 0.1) is 0 Å². The van der Waals surface area contributed by atoms with Gasteiger partial charge in [-0.25, -0.2) is 4.99 Å². The summed E-state index contributed by atoms with van der Waals surface area (Å²) in [5, 5.41) is 18.4. The van der Waals surface area contributed by atoms with E-state index in [0.717, 1.165) is 6.54 Å². The molecule has 2 atom stereocenters. The normalized spacial score (nSPS) is 19.4. The van der Waals surface area contributed by atoms with Crippen LogP contribution in [0.2, 0.25) is 0 Å². The van der Waals surface area contributed by atoms with Crippen LogP contribution in [-0.2, 0) is 9.53 Å². The standard InChI is InChI=1S/C23H27ClN4O4/c24-23(20-15-25-9-10-26-20,22(30)27-11-13-31-14-12-29)21-16-5-1-3-7-18(16)32-19-8-4-2-6-17(19)28-21/h1-8,20,25-26,29H,9-15H2,(H,27,30). The number of aliphatic hydroxyl groups excluding tert-OH is 1. The van der Waals surface area contributed by atoms with E-state index in [-0.39, 0.29) is 32.3 Å². The number of para-hydroxylation sites is 3. The number of amides is 1. The maximum atomic E-state index is 13.6. The Hall–Kier alpha value is -2.49. The Balaban J connectivity index is 1.75. The molecular formula is C23H27ClN4O4. The highest BCUT2D eigenvalue weighted by atomic mass is 35.5. The summed E-state index contributed by atoms with van der Waals surface area (Å²) in [7, 11) is 0. The molecule has 4 rings (SSSR count). The van der Waals surface area contributed by atoms with Crippen LogP contribution in [0.1, 0.15) is 5.56 Å². The predicted octanol–water partition coefficient (Wildman–Crippen LogP) is 1.58. The van der Waals surface area contributed by atoms with E-state index in [2.05, 4.69) is 16.0 Å². The summed E-state index contributed by atoms with van der Waals surface area (Å²) < 4.78 is 11.4. The molecule has 1 fully saturated rings. The van der Waals surface area contributed by atoms with Crippen molar-refractivity contribution in [3.8, 4) is 11.5 Å². The Labute approximate surface area is 192 Å². The summed E-state index contributed by atoms with van der Waals surface area (Å²) in [6.45, 7) is 2.63. The van der Waals surface area contributed by atoms with Crippen LogP contribution in [0.5, 0.6) is 11.5 Å². The minimum absolute atomic E-state index is 0.0714. The predicted molar refractivity (Wildman–Crippen MR) is 123 cm³/mol. The molecule has 2 aromatic rings. The third kappa shape index (κ3) is 4.65. The molecule has 2 aromatic carbocycles. The van der Waals surface area contributed by atoms with Crippen molar-refractivity contribution in [2.24, 2.45) is 4.99 Å². The van der Waals surface area contributed by atoms with Crippen LogP contribution in [0.3, 0.4) is 0 Å². The van der Waals surface area contributed by atoms with Crippen molar-refractivity contribution in [3.05, 3.63) is 54.1 Å². The monoisotopic (exact) mass is 458 g/mol. The molecule has 0 aromatic heterocycles. The van der Waals surface area contributed by atoms with Crippen molar-refractivity contribution in [1.82, 2.24) is 16.0 Å². The van der Waals surface area contributed by atoms with Gasteiger partial charge in [-0.15, -0.1) is 0 Å². The molecule has 0 saturated carbocycles. The number of carbonyl (C=O) groups is 1. The number of alkyl halides is 1. The zero-order chi connectivity index (χ0) is 22.4. The topological polar surface area (TPSA) is 104 Å². The summed E-state index contributed by atoms with van der Waals surface area (Å²) >= 11 is 7.27. The molecule has 4 N–H and O–H groups in total.